The van der Waals surface area contributed by atoms with Crippen molar-refractivity contribution in [2.75, 3.05) is 33.4 Å². The van der Waals surface area contributed by atoms with Gasteiger partial charge in [0.25, 0.3) is 0 Å². The van der Waals surface area contributed by atoms with Crippen LogP contribution in [-0.2, 0) is 15.9 Å². The molecule has 0 bridgehead atoms. The van der Waals surface area contributed by atoms with E-state index in [4.69, 9.17) is 30.5 Å². The fraction of sp³-hybridized carbons (Fsp3) is 0.714. The van der Waals surface area contributed by atoms with Gasteiger partial charge in [-0.3, -0.25) is 4.90 Å². The van der Waals surface area contributed by atoms with Gasteiger partial charge in [0.1, 0.15) is 6.10 Å². The molecule has 2 saturated heterocycles. The maximum Gasteiger partial charge on any atom is 0.180 e. The van der Waals surface area contributed by atoms with E-state index in [1.807, 2.05) is 0 Å². The van der Waals surface area contributed by atoms with Crippen molar-refractivity contribution >= 4 is 11.6 Å². The van der Waals surface area contributed by atoms with E-state index < -0.39 is 0 Å². The molecule has 27 heavy (non-hydrogen) atoms. The molecule has 0 amide bonds. The Morgan fingerprint density at radius 2 is 1.96 bits per heavy atom. The van der Waals surface area contributed by atoms with Crippen LogP contribution < -0.4 is 9.47 Å². The molecule has 150 valence electrons. The Kier molecular flexibility index (Phi) is 5.32. The molecule has 0 saturated carbocycles. The number of benzene rings is 1. The normalized spacial score (nSPS) is 26.1. The molecule has 2 fully saturated rings. The molecule has 0 aromatic heterocycles. The summed E-state index contributed by atoms with van der Waals surface area (Å²) in [4.78, 5) is 2.54. The Balaban J connectivity index is 1.58. The Morgan fingerprint density at radius 3 is 2.59 bits per heavy atom. The van der Waals surface area contributed by atoms with Gasteiger partial charge in [-0.05, 0) is 57.2 Å². The van der Waals surface area contributed by atoms with Gasteiger partial charge in [-0.1, -0.05) is 11.6 Å². The van der Waals surface area contributed by atoms with E-state index in [0.29, 0.717) is 36.1 Å². The lowest BCUT2D eigenvalue weighted by atomic mass is 9.85. The van der Waals surface area contributed by atoms with Gasteiger partial charge in [-0.25, -0.2) is 0 Å². The van der Waals surface area contributed by atoms with Crippen molar-refractivity contribution in [1.29, 1.82) is 0 Å². The van der Waals surface area contributed by atoms with Crippen LogP contribution in [0.15, 0.2) is 6.07 Å². The highest BCUT2D eigenvalue weighted by atomic mass is 35.5. The summed E-state index contributed by atoms with van der Waals surface area (Å²) in [6.07, 6.45) is 3.43. The smallest absolute Gasteiger partial charge is 0.180 e. The second kappa shape index (κ2) is 7.43. The van der Waals surface area contributed by atoms with Crippen molar-refractivity contribution < 1.29 is 18.9 Å². The van der Waals surface area contributed by atoms with E-state index in [2.05, 4.69) is 31.7 Å². The molecule has 6 heteroatoms. The van der Waals surface area contributed by atoms with Crippen molar-refractivity contribution in [2.45, 2.75) is 63.9 Å². The zero-order valence-electron chi connectivity index (χ0n) is 16.7. The van der Waals surface area contributed by atoms with E-state index in [-0.39, 0.29) is 11.7 Å². The number of rotatable bonds is 4. The molecule has 2 unspecified atom stereocenters. The minimum Gasteiger partial charge on any atom is -0.493 e. The highest BCUT2D eigenvalue weighted by Crippen LogP contribution is 2.47. The van der Waals surface area contributed by atoms with Crippen molar-refractivity contribution in [2.24, 2.45) is 0 Å². The molecule has 0 radical (unpaired) electrons. The average molecular weight is 396 g/mol. The number of ether oxygens (including phenoxy) is 4. The lowest BCUT2D eigenvalue weighted by Crippen LogP contribution is -2.47. The summed E-state index contributed by atoms with van der Waals surface area (Å²) < 4.78 is 23.2. The molecule has 2 atom stereocenters. The Hall–Kier alpha value is -1.01. The first kappa shape index (κ1) is 19.3. The maximum absolute atomic E-state index is 6.79. The molecule has 3 heterocycles. The van der Waals surface area contributed by atoms with Gasteiger partial charge in [0.05, 0.1) is 37.1 Å². The van der Waals surface area contributed by atoms with Gasteiger partial charge in [0.2, 0.25) is 0 Å². The van der Waals surface area contributed by atoms with Crippen molar-refractivity contribution in [3.8, 4) is 11.5 Å². The quantitative estimate of drug-likeness (QED) is 0.770. The van der Waals surface area contributed by atoms with Crippen LogP contribution in [0, 0.1) is 0 Å². The number of hydrogen-bond donors (Lipinski definition) is 0. The fourth-order valence-corrected chi connectivity index (χ4v) is 4.73. The largest absolute Gasteiger partial charge is 0.493 e. The minimum absolute atomic E-state index is 0.0690. The van der Waals surface area contributed by atoms with Gasteiger partial charge in [-0.15, -0.1) is 0 Å². The first-order valence-electron chi connectivity index (χ1n) is 9.91. The van der Waals surface area contributed by atoms with E-state index in [1.54, 1.807) is 7.11 Å². The zero-order chi connectivity index (χ0) is 19.2. The molecule has 0 N–H and O–H groups in total. The second-order valence-electron chi connectivity index (χ2n) is 8.76. The predicted molar refractivity (Wildman–Crippen MR) is 105 cm³/mol. The number of piperidine rings is 1. The highest BCUT2D eigenvalue weighted by molar-refractivity contribution is 6.33. The Morgan fingerprint density at radius 1 is 1.19 bits per heavy atom. The van der Waals surface area contributed by atoms with Crippen molar-refractivity contribution in [1.82, 2.24) is 4.90 Å². The van der Waals surface area contributed by atoms with Gasteiger partial charge in [0.15, 0.2) is 11.5 Å². The van der Waals surface area contributed by atoms with Gasteiger partial charge in [0, 0.05) is 19.1 Å². The van der Waals surface area contributed by atoms with Crippen LogP contribution in [0.3, 0.4) is 0 Å². The monoisotopic (exact) mass is 395 g/mol. The molecular formula is C21H30ClNO4. The summed E-state index contributed by atoms with van der Waals surface area (Å²) in [5.74, 6) is 1.39. The molecule has 0 aliphatic carbocycles. The number of fused-ring (bicyclic) bond motifs is 3. The van der Waals surface area contributed by atoms with Crippen LogP contribution in [0.1, 0.15) is 50.8 Å². The molecule has 1 aromatic rings. The van der Waals surface area contributed by atoms with Crippen LogP contribution in [0.2, 0.25) is 5.02 Å². The van der Waals surface area contributed by atoms with Crippen LogP contribution in [0.5, 0.6) is 11.5 Å². The third-order valence-corrected chi connectivity index (χ3v) is 6.00. The summed E-state index contributed by atoms with van der Waals surface area (Å²) >= 11 is 6.79. The van der Waals surface area contributed by atoms with Crippen LogP contribution in [-0.4, -0.2) is 56.1 Å². The lowest BCUT2D eigenvalue weighted by Gasteiger charge is -2.45. The molecule has 1 aromatic carbocycles. The van der Waals surface area contributed by atoms with Crippen LogP contribution in [0.4, 0.5) is 0 Å². The number of nitrogens with zero attached hydrogens (tertiary/aromatic N) is 1. The summed E-state index contributed by atoms with van der Waals surface area (Å²) in [5.41, 5.74) is 2.40. The summed E-state index contributed by atoms with van der Waals surface area (Å²) in [6, 6.07) is 2.51. The fourth-order valence-electron chi connectivity index (χ4n) is 4.38. The van der Waals surface area contributed by atoms with E-state index >= 15 is 0 Å². The highest BCUT2D eigenvalue weighted by Gasteiger charge is 2.37. The van der Waals surface area contributed by atoms with E-state index in [0.717, 1.165) is 38.1 Å². The number of methoxy groups -OCH3 is 1. The maximum atomic E-state index is 6.79. The predicted octanol–water partition coefficient (Wildman–Crippen LogP) is 4.00. The lowest BCUT2D eigenvalue weighted by molar-refractivity contribution is -0.0972. The second-order valence-corrected chi connectivity index (χ2v) is 9.14. The van der Waals surface area contributed by atoms with Crippen LogP contribution in [0.25, 0.3) is 0 Å². The SMILES string of the molecule is COc1cc2c(c(Cl)c1OC1COC1)CCN1CC(OC(C)(C)C)CCC21. The third-order valence-electron chi connectivity index (χ3n) is 5.60. The molecule has 4 rings (SSSR count). The topological polar surface area (TPSA) is 40.2 Å². The standard InChI is InChI=1S/C21H30ClNO4/c1-21(2,3)27-13-5-6-17-16-9-18(24-4)20(26-14-11-25-12-14)19(22)15(16)7-8-23(17)10-13/h9,13-14,17H,5-8,10-12H2,1-4H3. The van der Waals surface area contributed by atoms with Crippen molar-refractivity contribution in [3.05, 3.63) is 22.2 Å². The summed E-state index contributed by atoms with van der Waals surface area (Å²) in [7, 11) is 1.68. The van der Waals surface area contributed by atoms with Gasteiger partial charge in [-0.2, -0.15) is 0 Å². The third kappa shape index (κ3) is 3.93. The Labute approximate surface area is 166 Å². The summed E-state index contributed by atoms with van der Waals surface area (Å²) in [5, 5.41) is 0.712. The van der Waals surface area contributed by atoms with Gasteiger partial charge >= 0.3 is 0 Å². The molecule has 5 nitrogen and oxygen atoms in total. The summed E-state index contributed by atoms with van der Waals surface area (Å²) in [6.45, 7) is 9.58. The molecule has 3 aliphatic heterocycles. The molecular weight excluding hydrogens is 366 g/mol. The van der Waals surface area contributed by atoms with Crippen LogP contribution >= 0.6 is 11.6 Å². The van der Waals surface area contributed by atoms with Crippen molar-refractivity contribution in [3.63, 3.8) is 0 Å². The van der Waals surface area contributed by atoms with Gasteiger partial charge < -0.3 is 18.9 Å². The van der Waals surface area contributed by atoms with E-state index in [1.165, 1.54) is 11.1 Å². The molecule has 3 aliphatic rings. The first-order chi connectivity index (χ1) is 12.9. The zero-order valence-corrected chi connectivity index (χ0v) is 17.5. The first-order valence-corrected chi connectivity index (χ1v) is 10.3. The minimum atomic E-state index is -0.102. The number of halogens is 1. The average Bonchev–Trinajstić information content (AvgIpc) is 2.57. The number of hydrogen-bond acceptors (Lipinski definition) is 5. The molecule has 0 spiro atoms. The Bertz CT molecular complexity index is 698. The van der Waals surface area contributed by atoms with E-state index in [9.17, 15) is 0 Å².